The van der Waals surface area contributed by atoms with Crippen LogP contribution in [0.1, 0.15) is 32.8 Å². The third kappa shape index (κ3) is 5.25. The Morgan fingerprint density at radius 3 is 2.65 bits per heavy atom. The van der Waals surface area contributed by atoms with Crippen LogP contribution in [0, 0.1) is 17.2 Å². The summed E-state index contributed by atoms with van der Waals surface area (Å²) in [5, 5.41) is 19.0. The number of ether oxygens (including phenoxy) is 1. The van der Waals surface area contributed by atoms with Crippen LogP contribution in [0.4, 0.5) is 0 Å². The van der Waals surface area contributed by atoms with Crippen LogP contribution in [0.2, 0.25) is 0 Å². The molecule has 1 amide bonds. The second-order valence-corrected chi connectivity index (χ2v) is 10.6. The first-order chi connectivity index (χ1) is 16.1. The van der Waals surface area contributed by atoms with E-state index in [4.69, 9.17) is 4.74 Å². The number of rotatable bonds is 6. The Labute approximate surface area is 201 Å². The fraction of sp³-hybridized carbons (Fsp3) is 0.440. The minimum absolute atomic E-state index is 0.00867. The zero-order valence-electron chi connectivity index (χ0n) is 19.9. The third-order valence-electron chi connectivity index (χ3n) is 6.17. The van der Waals surface area contributed by atoms with E-state index in [-0.39, 0.29) is 35.6 Å². The molecular weight excluding hydrogens is 454 g/mol. The van der Waals surface area contributed by atoms with Crippen molar-refractivity contribution >= 4 is 15.9 Å². The maximum Gasteiger partial charge on any atom is 0.247 e. The van der Waals surface area contributed by atoms with Gasteiger partial charge < -0.3 is 14.7 Å². The van der Waals surface area contributed by atoms with Crippen LogP contribution in [0.5, 0.6) is 5.75 Å². The highest BCUT2D eigenvalue weighted by molar-refractivity contribution is 7.89. The molecule has 2 aromatic rings. The van der Waals surface area contributed by atoms with E-state index in [9.17, 15) is 23.6 Å². The lowest BCUT2D eigenvalue weighted by molar-refractivity contribution is -0.131. The number of sulfonamides is 1. The molecule has 1 heterocycles. The van der Waals surface area contributed by atoms with Crippen molar-refractivity contribution in [1.82, 2.24) is 9.21 Å². The normalized spacial score (nSPS) is 20.7. The molecule has 0 radical (unpaired) electrons. The summed E-state index contributed by atoms with van der Waals surface area (Å²) in [6.07, 6.45) is -0.112. The summed E-state index contributed by atoms with van der Waals surface area (Å²) in [6.45, 7) is 5.45. The van der Waals surface area contributed by atoms with Gasteiger partial charge in [-0.25, -0.2) is 8.42 Å². The van der Waals surface area contributed by atoms with Crippen molar-refractivity contribution in [3.05, 3.63) is 48.0 Å². The first kappa shape index (κ1) is 25.7. The minimum atomic E-state index is -3.96. The molecule has 182 valence electrons. The van der Waals surface area contributed by atoms with Crippen molar-refractivity contribution in [2.75, 3.05) is 26.7 Å². The summed E-state index contributed by atoms with van der Waals surface area (Å²) in [5.41, 5.74) is 1.96. The molecule has 0 aromatic heterocycles. The van der Waals surface area contributed by atoms with Crippen molar-refractivity contribution in [2.24, 2.45) is 5.92 Å². The van der Waals surface area contributed by atoms with Gasteiger partial charge in [-0.15, -0.1) is 0 Å². The molecule has 0 saturated carbocycles. The van der Waals surface area contributed by atoms with Crippen molar-refractivity contribution in [2.45, 2.75) is 44.2 Å². The molecule has 0 aliphatic carbocycles. The first-order valence-corrected chi connectivity index (χ1v) is 12.7. The maximum atomic E-state index is 13.6. The standard InChI is InChI=1S/C25H31N3O5S/c1-5-25(30)27(4)15-23-17(2)14-28(18(3)16-29)34(31,32)24-10-9-21(12-22(24)33-23)20-8-6-7-19(11-20)13-26/h6-12,17-18,23,29H,5,14-16H2,1-4H3/t17-,18-,23-/m1/s1. The number of carbonyl (C=O) groups excluding carboxylic acids is 1. The molecule has 0 unspecified atom stereocenters. The van der Waals surface area contributed by atoms with Gasteiger partial charge >= 0.3 is 0 Å². The number of hydrogen-bond donors (Lipinski definition) is 1. The topological polar surface area (TPSA) is 111 Å². The van der Waals surface area contributed by atoms with Gasteiger partial charge in [-0.3, -0.25) is 4.79 Å². The monoisotopic (exact) mass is 485 g/mol. The van der Waals surface area contributed by atoms with Crippen LogP contribution in [0.15, 0.2) is 47.4 Å². The summed E-state index contributed by atoms with van der Waals surface area (Å²) in [4.78, 5) is 13.8. The Hall–Kier alpha value is -2.93. The van der Waals surface area contributed by atoms with Crippen molar-refractivity contribution in [3.8, 4) is 22.9 Å². The van der Waals surface area contributed by atoms with E-state index in [0.717, 1.165) is 5.56 Å². The van der Waals surface area contributed by atoms with Crippen LogP contribution in [-0.4, -0.2) is 67.5 Å². The highest BCUT2D eigenvalue weighted by atomic mass is 32.2. The van der Waals surface area contributed by atoms with E-state index in [0.29, 0.717) is 24.1 Å². The second-order valence-electron chi connectivity index (χ2n) is 8.72. The summed E-state index contributed by atoms with van der Waals surface area (Å²) >= 11 is 0. The van der Waals surface area contributed by atoms with E-state index in [1.54, 1.807) is 56.1 Å². The molecule has 34 heavy (non-hydrogen) atoms. The quantitative estimate of drug-likeness (QED) is 0.674. The van der Waals surface area contributed by atoms with Crippen LogP contribution in [0.25, 0.3) is 11.1 Å². The van der Waals surface area contributed by atoms with Crippen LogP contribution in [0.3, 0.4) is 0 Å². The number of benzene rings is 2. The number of nitriles is 1. The summed E-state index contributed by atoms with van der Waals surface area (Å²) < 4.78 is 34.8. The zero-order chi connectivity index (χ0) is 25.0. The maximum absolute atomic E-state index is 13.6. The molecule has 1 aliphatic rings. The summed E-state index contributed by atoms with van der Waals surface area (Å²) in [6, 6.07) is 13.4. The van der Waals surface area contributed by atoms with Crippen LogP contribution >= 0.6 is 0 Å². The van der Waals surface area contributed by atoms with Gasteiger partial charge in [-0.05, 0) is 42.3 Å². The Bertz CT molecular complexity index is 1190. The second kappa shape index (κ2) is 10.6. The number of aliphatic hydroxyl groups is 1. The molecule has 1 aliphatic heterocycles. The predicted molar refractivity (Wildman–Crippen MR) is 129 cm³/mol. The lowest BCUT2D eigenvalue weighted by Crippen LogP contribution is -2.50. The molecule has 2 aromatic carbocycles. The van der Waals surface area contributed by atoms with Gasteiger partial charge in [0.25, 0.3) is 0 Å². The van der Waals surface area contributed by atoms with E-state index in [1.807, 2.05) is 13.0 Å². The number of nitrogens with zero attached hydrogens (tertiary/aromatic N) is 3. The number of carbonyl (C=O) groups is 1. The molecule has 1 N–H and O–H groups in total. The number of amides is 1. The summed E-state index contributed by atoms with van der Waals surface area (Å²) in [7, 11) is -2.25. The summed E-state index contributed by atoms with van der Waals surface area (Å²) in [5.74, 6) is -0.105. The van der Waals surface area contributed by atoms with Gasteiger partial charge in [-0.2, -0.15) is 9.57 Å². The van der Waals surface area contributed by atoms with E-state index < -0.39 is 22.2 Å². The smallest absolute Gasteiger partial charge is 0.247 e. The molecule has 0 saturated heterocycles. The Morgan fingerprint density at radius 2 is 2.00 bits per heavy atom. The average Bonchev–Trinajstić information content (AvgIpc) is 2.84. The van der Waals surface area contributed by atoms with E-state index in [2.05, 4.69) is 6.07 Å². The molecule has 3 rings (SSSR count). The van der Waals surface area contributed by atoms with Gasteiger partial charge in [0.1, 0.15) is 16.7 Å². The molecular formula is C25H31N3O5S. The zero-order valence-corrected chi connectivity index (χ0v) is 20.7. The number of hydrogen-bond acceptors (Lipinski definition) is 6. The molecule has 0 spiro atoms. The highest BCUT2D eigenvalue weighted by Gasteiger charge is 2.38. The molecule has 0 bridgehead atoms. The van der Waals surface area contributed by atoms with Crippen LogP contribution in [-0.2, 0) is 14.8 Å². The third-order valence-corrected chi connectivity index (χ3v) is 8.19. The fourth-order valence-corrected chi connectivity index (χ4v) is 5.86. The van der Waals surface area contributed by atoms with Gasteiger partial charge in [0.05, 0.1) is 24.8 Å². The fourth-order valence-electron chi connectivity index (χ4n) is 4.03. The SMILES string of the molecule is CCC(=O)N(C)C[C@H]1Oc2cc(-c3cccc(C#N)c3)ccc2S(=O)(=O)N([C@H](C)CO)C[C@H]1C. The Kier molecular flexibility index (Phi) is 7.97. The van der Waals surface area contributed by atoms with Gasteiger partial charge in [0.15, 0.2) is 0 Å². The average molecular weight is 486 g/mol. The molecule has 9 heteroatoms. The first-order valence-electron chi connectivity index (χ1n) is 11.3. The number of fused-ring (bicyclic) bond motifs is 1. The van der Waals surface area contributed by atoms with Crippen molar-refractivity contribution in [1.29, 1.82) is 5.26 Å². The minimum Gasteiger partial charge on any atom is -0.487 e. The van der Waals surface area contributed by atoms with Gasteiger partial charge in [0, 0.05) is 32.0 Å². The highest BCUT2D eigenvalue weighted by Crippen LogP contribution is 2.36. The molecule has 3 atom stereocenters. The van der Waals surface area contributed by atoms with Crippen molar-refractivity contribution in [3.63, 3.8) is 0 Å². The van der Waals surface area contributed by atoms with Gasteiger partial charge in [-0.1, -0.05) is 32.0 Å². The number of aliphatic hydroxyl groups excluding tert-OH is 1. The number of likely N-dealkylation sites (N-methyl/N-ethyl adjacent to an activating group) is 1. The molecule has 0 fully saturated rings. The lowest BCUT2D eigenvalue weighted by atomic mass is 10.0. The Balaban J connectivity index is 2.13. The van der Waals surface area contributed by atoms with E-state index >= 15 is 0 Å². The van der Waals surface area contributed by atoms with E-state index in [1.165, 1.54) is 10.4 Å². The largest absolute Gasteiger partial charge is 0.487 e. The van der Waals surface area contributed by atoms with Crippen molar-refractivity contribution < 1.29 is 23.1 Å². The lowest BCUT2D eigenvalue weighted by Gasteiger charge is -2.37. The van der Waals surface area contributed by atoms with Crippen LogP contribution < -0.4 is 4.74 Å². The molecule has 8 nitrogen and oxygen atoms in total. The predicted octanol–water partition coefficient (Wildman–Crippen LogP) is 2.86. The van der Waals surface area contributed by atoms with Gasteiger partial charge in [0.2, 0.25) is 15.9 Å². The Morgan fingerprint density at radius 1 is 1.29 bits per heavy atom.